The van der Waals surface area contributed by atoms with E-state index in [1.807, 2.05) is 18.2 Å². The summed E-state index contributed by atoms with van der Waals surface area (Å²) in [5, 5.41) is 29.2. The van der Waals surface area contributed by atoms with Crippen LogP contribution in [-0.2, 0) is 17.1 Å². The molecule has 0 amide bonds. The zero-order valence-electron chi connectivity index (χ0n) is 13.6. The molecule has 0 fully saturated rings. The monoisotopic (exact) mass is 604 g/mol. The zero-order chi connectivity index (χ0) is 15.3. The van der Waals surface area contributed by atoms with Crippen molar-refractivity contribution in [1.29, 1.82) is 0 Å². The molecule has 0 aliphatic heterocycles. The topological polar surface area (TPSA) is 66.3 Å². The Kier molecular flexibility index (Phi) is 26.8. The van der Waals surface area contributed by atoms with Gasteiger partial charge in [0.15, 0.2) is 0 Å². The van der Waals surface area contributed by atoms with Crippen LogP contribution in [0.4, 0.5) is 0 Å². The number of benzene rings is 3. The van der Waals surface area contributed by atoms with Gasteiger partial charge in [-0.15, -0.1) is 11.5 Å². The van der Waals surface area contributed by atoms with E-state index in [1.165, 1.54) is 24.3 Å². The van der Waals surface area contributed by atoms with Crippen LogP contribution in [0, 0.1) is 7.43 Å². The molecule has 3 aromatic carbocycles. The summed E-state index contributed by atoms with van der Waals surface area (Å²) in [6, 6.07) is 25.4. The first kappa shape index (κ1) is 31.8. The summed E-state index contributed by atoms with van der Waals surface area (Å²) in [4.78, 5) is 0. The fraction of sp³-hybridized carbons (Fsp3) is 0. The van der Waals surface area contributed by atoms with Gasteiger partial charge in [0.05, 0.1) is 0 Å². The first-order chi connectivity index (χ1) is 10.2. The maximum Gasteiger partial charge on any atom is 0.115 e. The molecular formula is C19H19I2MnO3-5. The average molecular weight is 604 g/mol. The van der Waals surface area contributed by atoms with Crippen LogP contribution in [0.5, 0.6) is 17.2 Å². The van der Waals surface area contributed by atoms with Crippen molar-refractivity contribution in [2.45, 2.75) is 0 Å². The fourth-order valence-corrected chi connectivity index (χ4v) is 1.27. The summed E-state index contributed by atoms with van der Waals surface area (Å²) >= 11 is 0. The van der Waals surface area contributed by atoms with Crippen LogP contribution in [0.3, 0.4) is 0 Å². The molecule has 0 aromatic heterocycles. The molecule has 139 valence electrons. The van der Waals surface area contributed by atoms with Crippen LogP contribution >= 0.6 is 0 Å². The van der Waals surface area contributed by atoms with Gasteiger partial charge in [0, 0.05) is 17.1 Å². The van der Waals surface area contributed by atoms with Gasteiger partial charge in [0.1, 0.15) is 5.75 Å². The van der Waals surface area contributed by atoms with Crippen molar-refractivity contribution in [2.75, 3.05) is 0 Å². The van der Waals surface area contributed by atoms with Gasteiger partial charge in [0.25, 0.3) is 0 Å². The van der Waals surface area contributed by atoms with Gasteiger partial charge >= 0.3 is 0 Å². The first-order valence-electron chi connectivity index (χ1n) is 6.36. The largest absolute Gasteiger partial charge is 1.00 e. The summed E-state index contributed by atoms with van der Waals surface area (Å²) in [5.74, 6) is 0.465. The van der Waals surface area contributed by atoms with E-state index in [4.69, 9.17) is 5.11 Å². The van der Waals surface area contributed by atoms with Crippen molar-refractivity contribution in [1.82, 2.24) is 0 Å². The Morgan fingerprint density at radius 3 is 0.880 bits per heavy atom. The molecule has 25 heavy (non-hydrogen) atoms. The first-order valence-corrected chi connectivity index (χ1v) is 6.36. The third-order valence-corrected chi connectivity index (χ3v) is 2.24. The molecule has 0 bridgehead atoms. The minimum absolute atomic E-state index is 0. The average Bonchev–Trinajstić information content (AvgIpc) is 2.51. The van der Waals surface area contributed by atoms with Crippen LogP contribution in [0.15, 0.2) is 91.0 Å². The minimum Gasteiger partial charge on any atom is -1.00 e. The molecule has 0 aliphatic carbocycles. The van der Waals surface area contributed by atoms with Gasteiger partial charge in [-0.3, -0.25) is 0 Å². The smallest absolute Gasteiger partial charge is 0.115 e. The molecule has 0 spiro atoms. The number of halogens is 2. The van der Waals surface area contributed by atoms with Crippen LogP contribution in [0.1, 0.15) is 0 Å². The van der Waals surface area contributed by atoms with Crippen LogP contribution < -0.4 is 58.2 Å². The fourth-order valence-electron chi connectivity index (χ4n) is 1.27. The molecule has 0 saturated heterocycles. The summed E-state index contributed by atoms with van der Waals surface area (Å²) in [6.07, 6.45) is 0. The number of para-hydroxylation sites is 3. The van der Waals surface area contributed by atoms with E-state index < -0.39 is 0 Å². The predicted octanol–water partition coefficient (Wildman–Crippen LogP) is -2.63. The molecule has 3 nitrogen and oxygen atoms in total. The third kappa shape index (κ3) is 19.2. The molecule has 0 unspecified atom stereocenters. The molecule has 0 heterocycles. The van der Waals surface area contributed by atoms with E-state index >= 15 is 0 Å². The van der Waals surface area contributed by atoms with Crippen molar-refractivity contribution in [3.63, 3.8) is 0 Å². The van der Waals surface area contributed by atoms with E-state index in [1.54, 1.807) is 48.5 Å². The Morgan fingerprint density at radius 1 is 0.520 bits per heavy atom. The van der Waals surface area contributed by atoms with E-state index in [9.17, 15) is 10.2 Å². The van der Waals surface area contributed by atoms with Gasteiger partial charge in [-0.1, -0.05) is 78.9 Å². The second-order valence-electron chi connectivity index (χ2n) is 3.96. The molecule has 0 aliphatic rings. The maximum atomic E-state index is 10.3. The Labute approximate surface area is 194 Å². The number of phenolic OH excluding ortho intramolecular Hbond substituents is 1. The van der Waals surface area contributed by atoms with E-state index in [0.717, 1.165) is 0 Å². The van der Waals surface area contributed by atoms with Gasteiger partial charge in [0.2, 0.25) is 0 Å². The zero-order valence-corrected chi connectivity index (χ0v) is 19.1. The molecule has 1 radical (unpaired) electrons. The van der Waals surface area contributed by atoms with E-state index in [-0.39, 0.29) is 83.9 Å². The Hall–Kier alpha value is -0.961. The molecule has 1 N–H and O–H groups in total. The van der Waals surface area contributed by atoms with Gasteiger partial charge in [-0.2, -0.15) is 0 Å². The quantitative estimate of drug-likeness (QED) is 0.174. The van der Waals surface area contributed by atoms with Crippen molar-refractivity contribution in [3.05, 3.63) is 98.4 Å². The Balaban J connectivity index is -0.000000122. The minimum atomic E-state index is 0. The third-order valence-electron chi connectivity index (χ3n) is 2.24. The van der Waals surface area contributed by atoms with E-state index in [2.05, 4.69) is 0 Å². The Bertz CT molecular complexity index is 508. The second-order valence-corrected chi connectivity index (χ2v) is 3.96. The van der Waals surface area contributed by atoms with Crippen LogP contribution in [0.2, 0.25) is 0 Å². The SMILES string of the molecule is Oc1ccccc1.[CH3-].[I-].[I-].[Mn].[O-]c1ccccc1.[O-]c1ccccc1. The maximum absolute atomic E-state index is 10.3. The summed E-state index contributed by atoms with van der Waals surface area (Å²) < 4.78 is 0. The number of rotatable bonds is 0. The molecule has 0 atom stereocenters. The molecule has 3 aromatic rings. The second kappa shape index (κ2) is 21.1. The Morgan fingerprint density at radius 2 is 0.760 bits per heavy atom. The summed E-state index contributed by atoms with van der Waals surface area (Å²) in [5.41, 5.74) is 0. The van der Waals surface area contributed by atoms with Gasteiger partial charge < -0.3 is 70.7 Å². The van der Waals surface area contributed by atoms with Crippen molar-refractivity contribution < 1.29 is 80.3 Å². The predicted molar refractivity (Wildman–Crippen MR) is 86.3 cm³/mol. The van der Waals surface area contributed by atoms with Crippen molar-refractivity contribution in [3.8, 4) is 17.2 Å². The summed E-state index contributed by atoms with van der Waals surface area (Å²) in [6.45, 7) is 0. The van der Waals surface area contributed by atoms with Crippen LogP contribution in [0.25, 0.3) is 0 Å². The molecule has 3 rings (SSSR count). The number of hydrogen-bond acceptors (Lipinski definition) is 3. The standard InChI is InChI=1S/3C6H6O.CH3.2HI.Mn/c3*7-6-4-2-1-3-5-6;;;;/h3*1-5,7H;1H3;2*1H;/q;;;-1;;;/p-4. The molecule has 6 heteroatoms. The number of aromatic hydroxyl groups is 1. The normalized spacial score (nSPS) is 7.20. The van der Waals surface area contributed by atoms with Crippen LogP contribution in [-0.4, -0.2) is 5.11 Å². The van der Waals surface area contributed by atoms with Crippen molar-refractivity contribution >= 4 is 0 Å². The summed E-state index contributed by atoms with van der Waals surface area (Å²) in [7, 11) is 0. The van der Waals surface area contributed by atoms with E-state index in [0.29, 0.717) is 5.75 Å². The van der Waals surface area contributed by atoms with Gasteiger partial charge in [-0.05, 0) is 12.1 Å². The molecular weight excluding hydrogens is 585 g/mol. The molecule has 0 saturated carbocycles. The van der Waals surface area contributed by atoms with Gasteiger partial charge in [-0.25, -0.2) is 0 Å². The number of hydrogen-bond donors (Lipinski definition) is 1. The number of phenols is 1. The van der Waals surface area contributed by atoms with Crippen molar-refractivity contribution in [2.24, 2.45) is 0 Å².